The molecule has 0 spiro atoms. The highest BCUT2D eigenvalue weighted by molar-refractivity contribution is 7.83. The molecule has 2 atom stereocenters. The van der Waals surface area contributed by atoms with Gasteiger partial charge in [-0.05, 0) is 38.5 Å². The number of nitrogens with zero attached hydrogens (tertiary/aromatic N) is 4. The largest absolute Gasteiger partial charge is 0.444 e. The maximum absolute atomic E-state index is 13.5. The number of rotatable bonds is 5. The molecule has 1 unspecified atom stereocenters. The number of nitrogens with one attached hydrogen (secondary N) is 1. The molecule has 2 amide bonds. The molecular weight excluding hydrogens is 490 g/mol. The minimum Gasteiger partial charge on any atom is -0.444 e. The molecule has 0 bridgehead atoms. The number of alkyl carbamates (subject to hydrolysis) is 1. The number of hydrogen-bond acceptors (Lipinski definition) is 7. The van der Waals surface area contributed by atoms with E-state index in [0.29, 0.717) is 49.1 Å². The van der Waals surface area contributed by atoms with Crippen molar-refractivity contribution in [3.8, 4) is 0 Å². The van der Waals surface area contributed by atoms with Crippen LogP contribution in [0.15, 0.2) is 30.6 Å². The second-order valence-electron chi connectivity index (χ2n) is 9.69. The normalized spacial score (nSPS) is 18.7. The zero-order valence-electron chi connectivity index (χ0n) is 20.1. The van der Waals surface area contributed by atoms with Gasteiger partial charge in [-0.2, -0.15) is 0 Å². The lowest BCUT2D eigenvalue weighted by Crippen LogP contribution is -2.56. The predicted octanol–water partition coefficient (Wildman–Crippen LogP) is 2.68. The zero-order chi connectivity index (χ0) is 25.2. The summed E-state index contributed by atoms with van der Waals surface area (Å²) in [5.41, 5.74) is 1.99. The van der Waals surface area contributed by atoms with Crippen molar-refractivity contribution in [3.63, 3.8) is 0 Å². The topological polar surface area (TPSA) is 105 Å². The van der Waals surface area contributed by atoms with Gasteiger partial charge in [-0.3, -0.25) is 9.00 Å². The highest BCUT2D eigenvalue weighted by atomic mass is 35.5. The number of aromatic nitrogens is 2. The molecule has 1 fully saturated rings. The molecule has 2 aliphatic heterocycles. The van der Waals surface area contributed by atoms with Crippen LogP contribution < -0.4 is 10.2 Å². The van der Waals surface area contributed by atoms with Crippen molar-refractivity contribution in [2.75, 3.05) is 31.1 Å². The summed E-state index contributed by atoms with van der Waals surface area (Å²) in [4.78, 5) is 38.6. The van der Waals surface area contributed by atoms with E-state index in [1.54, 1.807) is 37.8 Å². The van der Waals surface area contributed by atoms with Gasteiger partial charge in [0.25, 0.3) is 0 Å². The third-order valence-corrected chi connectivity index (χ3v) is 7.31. The molecule has 188 valence electrons. The molecule has 2 aliphatic rings. The molecule has 1 aromatic heterocycles. The van der Waals surface area contributed by atoms with Crippen molar-refractivity contribution < 1.29 is 18.5 Å². The van der Waals surface area contributed by atoms with E-state index >= 15 is 0 Å². The molecule has 2 aromatic rings. The van der Waals surface area contributed by atoms with Crippen LogP contribution in [0.4, 0.5) is 10.6 Å². The SMILES string of the molecule is CC(C)(C)OC(=O)NC(Cc1ccc(Cl)cc1)C(=O)N1CCN(c2ncnc3c2C[S@@](=O)C3)CC1. The lowest BCUT2D eigenvalue weighted by Gasteiger charge is -2.37. The molecule has 3 heterocycles. The van der Waals surface area contributed by atoms with Crippen LogP contribution in [-0.4, -0.2) is 68.9 Å². The van der Waals surface area contributed by atoms with Crippen molar-refractivity contribution in [1.82, 2.24) is 20.2 Å². The number of halogens is 1. The average Bonchev–Trinajstić information content (AvgIpc) is 3.19. The zero-order valence-corrected chi connectivity index (χ0v) is 21.7. The number of amides is 2. The van der Waals surface area contributed by atoms with Gasteiger partial charge >= 0.3 is 6.09 Å². The lowest BCUT2D eigenvalue weighted by molar-refractivity contribution is -0.133. The molecule has 1 aromatic carbocycles. The quantitative estimate of drug-likeness (QED) is 0.647. The van der Waals surface area contributed by atoms with Crippen LogP contribution in [0.1, 0.15) is 37.6 Å². The third kappa shape index (κ3) is 6.49. The Labute approximate surface area is 212 Å². The standard InChI is InChI=1S/C24H30ClN5O4S/c1-24(2,3)34-23(32)28-19(12-16-4-6-17(25)7-5-16)22(31)30-10-8-29(9-11-30)21-18-13-35(33)14-20(18)26-15-27-21/h4-7,15,19H,8-14H2,1-3H3,(H,28,32)/t19?,35-/m1/s1. The monoisotopic (exact) mass is 519 g/mol. The smallest absolute Gasteiger partial charge is 0.408 e. The van der Waals surface area contributed by atoms with Crippen molar-refractivity contribution in [3.05, 3.63) is 52.4 Å². The minimum atomic E-state index is -0.943. The van der Waals surface area contributed by atoms with Gasteiger partial charge in [0.2, 0.25) is 5.91 Å². The fraction of sp³-hybridized carbons (Fsp3) is 0.500. The van der Waals surface area contributed by atoms with Crippen molar-refractivity contribution in [2.24, 2.45) is 0 Å². The second-order valence-corrected chi connectivity index (χ2v) is 11.6. The number of benzene rings is 1. The highest BCUT2D eigenvalue weighted by Gasteiger charge is 2.32. The molecule has 0 saturated carbocycles. The number of fused-ring (bicyclic) bond motifs is 1. The summed E-state index contributed by atoms with van der Waals surface area (Å²) in [5, 5.41) is 3.37. The summed E-state index contributed by atoms with van der Waals surface area (Å²) in [6.07, 6.45) is 1.20. The van der Waals surface area contributed by atoms with Gasteiger partial charge in [0.05, 0.1) is 17.2 Å². The van der Waals surface area contributed by atoms with Crippen molar-refractivity contribution >= 4 is 40.2 Å². The molecule has 1 N–H and O–H groups in total. The average molecular weight is 520 g/mol. The van der Waals surface area contributed by atoms with Crippen LogP contribution >= 0.6 is 11.6 Å². The van der Waals surface area contributed by atoms with E-state index in [-0.39, 0.29) is 5.91 Å². The molecule has 35 heavy (non-hydrogen) atoms. The maximum atomic E-state index is 13.5. The maximum Gasteiger partial charge on any atom is 0.408 e. The molecular formula is C24H30ClN5O4S. The predicted molar refractivity (Wildman–Crippen MR) is 135 cm³/mol. The van der Waals surface area contributed by atoms with Gasteiger partial charge in [0.1, 0.15) is 23.8 Å². The third-order valence-electron chi connectivity index (χ3n) is 5.85. The fourth-order valence-corrected chi connectivity index (χ4v) is 5.61. The first-order chi connectivity index (χ1) is 16.6. The van der Waals surface area contributed by atoms with Crippen LogP contribution in [0, 0.1) is 0 Å². The van der Waals surface area contributed by atoms with E-state index in [1.807, 2.05) is 12.1 Å². The van der Waals surface area contributed by atoms with Gasteiger partial charge < -0.3 is 19.9 Å². The van der Waals surface area contributed by atoms with Gasteiger partial charge in [-0.25, -0.2) is 14.8 Å². The molecule has 9 nitrogen and oxygen atoms in total. The van der Waals surface area contributed by atoms with E-state index < -0.39 is 28.5 Å². The Bertz CT molecular complexity index is 1110. The first kappa shape index (κ1) is 25.4. The molecule has 4 rings (SSSR count). The summed E-state index contributed by atoms with van der Waals surface area (Å²) < 4.78 is 17.4. The van der Waals surface area contributed by atoms with E-state index in [4.69, 9.17) is 16.3 Å². The lowest BCUT2D eigenvalue weighted by atomic mass is 10.0. The number of carbonyl (C=O) groups excluding carboxylic acids is 2. The number of hydrogen-bond donors (Lipinski definition) is 1. The summed E-state index contributed by atoms with van der Waals surface area (Å²) in [6, 6.07) is 6.44. The number of piperazine rings is 1. The summed E-state index contributed by atoms with van der Waals surface area (Å²) in [7, 11) is -0.943. The molecule has 0 aliphatic carbocycles. The van der Waals surface area contributed by atoms with Gasteiger partial charge in [0.15, 0.2) is 0 Å². The minimum absolute atomic E-state index is 0.167. The number of carbonyl (C=O) groups is 2. The van der Waals surface area contributed by atoms with Crippen molar-refractivity contribution in [2.45, 2.75) is 50.3 Å². The van der Waals surface area contributed by atoms with Crippen LogP contribution in [0.25, 0.3) is 0 Å². The fourth-order valence-electron chi connectivity index (χ4n) is 4.21. The summed E-state index contributed by atoms with van der Waals surface area (Å²) in [5.74, 6) is 1.57. The van der Waals surface area contributed by atoms with Gasteiger partial charge in [0, 0.05) is 54.0 Å². The van der Waals surface area contributed by atoms with Crippen LogP contribution in [0.3, 0.4) is 0 Å². The molecule has 1 saturated heterocycles. The van der Waals surface area contributed by atoms with E-state index in [9.17, 15) is 13.8 Å². The Balaban J connectivity index is 1.44. The second kappa shape index (κ2) is 10.5. The van der Waals surface area contributed by atoms with Crippen LogP contribution in [-0.2, 0) is 38.3 Å². The molecule has 0 radical (unpaired) electrons. The Morgan fingerprint density at radius 2 is 1.80 bits per heavy atom. The Morgan fingerprint density at radius 1 is 1.11 bits per heavy atom. The van der Waals surface area contributed by atoms with Gasteiger partial charge in [-0.15, -0.1) is 0 Å². The molecule has 11 heteroatoms. The van der Waals surface area contributed by atoms with Gasteiger partial charge in [-0.1, -0.05) is 23.7 Å². The first-order valence-corrected chi connectivity index (χ1v) is 13.4. The van der Waals surface area contributed by atoms with E-state index in [2.05, 4.69) is 20.2 Å². The van der Waals surface area contributed by atoms with E-state index in [0.717, 1.165) is 22.6 Å². The summed E-state index contributed by atoms with van der Waals surface area (Å²) >= 11 is 6.00. The Morgan fingerprint density at radius 3 is 2.46 bits per heavy atom. The van der Waals surface area contributed by atoms with Crippen LogP contribution in [0.2, 0.25) is 5.02 Å². The first-order valence-electron chi connectivity index (χ1n) is 11.5. The van der Waals surface area contributed by atoms with Crippen molar-refractivity contribution in [1.29, 1.82) is 0 Å². The highest BCUT2D eigenvalue weighted by Crippen LogP contribution is 2.29. The number of anilines is 1. The van der Waals surface area contributed by atoms with Crippen LogP contribution in [0.5, 0.6) is 0 Å². The summed E-state index contributed by atoms with van der Waals surface area (Å²) in [6.45, 7) is 7.47. The number of ether oxygens (including phenoxy) is 1. The Hall–Kier alpha value is -2.72. The van der Waals surface area contributed by atoms with E-state index in [1.165, 1.54) is 6.33 Å². The Kier molecular flexibility index (Phi) is 7.61.